The fraction of sp³-hybridized carbons (Fsp3) is 0.727. The van der Waals surface area contributed by atoms with Crippen LogP contribution in [0.3, 0.4) is 0 Å². The molecule has 182 valence electrons. The monoisotopic (exact) mass is 452 g/mol. The molecule has 2 rings (SSSR count). The van der Waals surface area contributed by atoms with Crippen LogP contribution < -0.4 is 11.4 Å². The number of hydrogen-bond acceptors (Lipinski definition) is 6. The lowest BCUT2D eigenvalue weighted by Gasteiger charge is -2.31. The molecule has 10 nitrogen and oxygen atoms in total. The van der Waals surface area contributed by atoms with Crippen molar-refractivity contribution in [2.75, 3.05) is 33.0 Å². The summed E-state index contributed by atoms with van der Waals surface area (Å²) in [5.41, 5.74) is 6.23. The van der Waals surface area contributed by atoms with Gasteiger partial charge in [-0.1, -0.05) is 26.7 Å². The van der Waals surface area contributed by atoms with Crippen molar-refractivity contribution in [1.29, 1.82) is 0 Å². The second-order valence-electron chi connectivity index (χ2n) is 7.88. The van der Waals surface area contributed by atoms with Crippen LogP contribution in [0.5, 0.6) is 0 Å². The number of imidazole rings is 1. The van der Waals surface area contributed by atoms with Gasteiger partial charge in [-0.25, -0.2) is 14.8 Å². The van der Waals surface area contributed by atoms with Crippen molar-refractivity contribution in [2.45, 2.75) is 65.3 Å². The number of likely N-dealkylation sites (tertiary alicyclic amines) is 1. The first-order valence-electron chi connectivity index (χ1n) is 11.5. The molecule has 0 bridgehead atoms. The summed E-state index contributed by atoms with van der Waals surface area (Å²) in [5, 5.41) is 6.89. The fourth-order valence-corrected chi connectivity index (χ4v) is 3.74. The molecular weight excluding hydrogens is 412 g/mol. The van der Waals surface area contributed by atoms with Gasteiger partial charge < -0.3 is 25.5 Å². The summed E-state index contributed by atoms with van der Waals surface area (Å²) in [4.78, 5) is 34.3. The van der Waals surface area contributed by atoms with E-state index in [1.807, 2.05) is 0 Å². The van der Waals surface area contributed by atoms with Crippen LogP contribution in [-0.4, -0.2) is 71.6 Å². The number of carbonyl (C=O) groups is 1. The Morgan fingerprint density at radius 1 is 1.28 bits per heavy atom. The van der Waals surface area contributed by atoms with Gasteiger partial charge in [-0.05, 0) is 64.4 Å². The molecule has 10 heteroatoms. The van der Waals surface area contributed by atoms with Crippen LogP contribution in [0.25, 0.3) is 0 Å². The lowest BCUT2D eigenvalue weighted by molar-refractivity contribution is -0.122. The van der Waals surface area contributed by atoms with E-state index in [4.69, 9.17) is 20.4 Å². The van der Waals surface area contributed by atoms with Crippen molar-refractivity contribution < 1.29 is 14.6 Å². The number of amidine groups is 1. The van der Waals surface area contributed by atoms with Crippen LogP contribution in [-0.2, 0) is 16.1 Å². The van der Waals surface area contributed by atoms with Gasteiger partial charge in [-0.2, -0.15) is 0 Å². The van der Waals surface area contributed by atoms with Gasteiger partial charge >= 0.3 is 5.69 Å². The van der Waals surface area contributed by atoms with E-state index in [-0.39, 0.29) is 24.7 Å². The molecule has 1 saturated heterocycles. The van der Waals surface area contributed by atoms with Gasteiger partial charge in [-0.3, -0.25) is 9.36 Å². The van der Waals surface area contributed by atoms with Crippen LogP contribution in [0.15, 0.2) is 14.8 Å². The number of H-pyrrole nitrogens is 1. The Morgan fingerprint density at radius 3 is 2.53 bits per heavy atom. The summed E-state index contributed by atoms with van der Waals surface area (Å²) in [5.74, 6) is 1.57. The van der Waals surface area contributed by atoms with Crippen molar-refractivity contribution in [3.05, 3.63) is 16.2 Å². The number of ether oxygens (including phenoxy) is 1. The van der Waals surface area contributed by atoms with E-state index < -0.39 is 0 Å². The Kier molecular flexibility index (Phi) is 14.0. The molecule has 0 aromatic carbocycles. The van der Waals surface area contributed by atoms with E-state index in [2.05, 4.69) is 40.4 Å². The molecular formula is C22H40N6O4. The first-order valence-corrected chi connectivity index (χ1v) is 11.5. The van der Waals surface area contributed by atoms with Gasteiger partial charge in [-0.15, -0.1) is 0 Å². The highest BCUT2D eigenvalue weighted by Crippen LogP contribution is 2.20. The minimum absolute atomic E-state index is 0.171. The molecule has 0 unspecified atom stereocenters. The molecule has 0 saturated carbocycles. The first kappa shape index (κ1) is 27.6. The standard InChI is InChI=1S/C21H38N6O2.CH2O2/c1-4-6-15-29-16-24-19(22)18-20(23-3)27(21(28)25-18)12-8-7-11-26-13-9-17(5-2)10-14-26;2-1-3/h17H,3-16H2,1-2H3,(H2,22,24)(H,25,28);1H,(H,2,3). The highest BCUT2D eigenvalue weighted by molar-refractivity contribution is 5.99. The minimum atomic E-state index is -0.250. The quantitative estimate of drug-likeness (QED) is 0.182. The number of aromatic nitrogens is 2. The summed E-state index contributed by atoms with van der Waals surface area (Å²) < 4.78 is 7.01. The van der Waals surface area contributed by atoms with E-state index in [1.54, 1.807) is 4.57 Å². The zero-order chi connectivity index (χ0) is 23.8. The summed E-state index contributed by atoms with van der Waals surface area (Å²) in [6.07, 6.45) is 7.92. The topological polar surface area (TPSA) is 138 Å². The van der Waals surface area contributed by atoms with Crippen LogP contribution >= 0.6 is 0 Å². The summed E-state index contributed by atoms with van der Waals surface area (Å²) in [7, 11) is 0. The molecule has 0 spiro atoms. The molecule has 0 amide bonds. The molecule has 32 heavy (non-hydrogen) atoms. The summed E-state index contributed by atoms with van der Waals surface area (Å²) >= 11 is 0. The van der Waals surface area contributed by atoms with E-state index in [9.17, 15) is 4.79 Å². The zero-order valence-corrected chi connectivity index (χ0v) is 19.6. The van der Waals surface area contributed by atoms with E-state index in [0.717, 1.165) is 38.1 Å². The maximum Gasteiger partial charge on any atom is 0.327 e. The summed E-state index contributed by atoms with van der Waals surface area (Å²) in [6.45, 7) is 12.6. The van der Waals surface area contributed by atoms with E-state index in [0.29, 0.717) is 24.7 Å². The Labute approximate surface area is 190 Å². The number of aliphatic imine (C=N–C) groups is 2. The minimum Gasteiger partial charge on any atom is -0.483 e. The average molecular weight is 453 g/mol. The van der Waals surface area contributed by atoms with Crippen molar-refractivity contribution in [3.8, 4) is 0 Å². The highest BCUT2D eigenvalue weighted by Gasteiger charge is 2.18. The molecule has 1 fully saturated rings. The first-order chi connectivity index (χ1) is 15.5. The molecule has 2 heterocycles. The van der Waals surface area contributed by atoms with Crippen molar-refractivity contribution in [1.82, 2.24) is 14.5 Å². The molecule has 0 radical (unpaired) electrons. The SMILES string of the molecule is C=Nc1c(/C(N)=N\COCCCC)[nH]c(=O)n1CCCCN1CCC(CC)CC1.O=CO. The highest BCUT2D eigenvalue weighted by atomic mass is 16.5. The third-order valence-electron chi connectivity index (χ3n) is 5.72. The number of carboxylic acid groups (broad SMARTS) is 1. The number of rotatable bonds is 13. The average Bonchev–Trinajstić information content (AvgIpc) is 3.12. The van der Waals surface area contributed by atoms with Gasteiger partial charge in [0, 0.05) is 13.2 Å². The number of unbranched alkanes of at least 4 members (excludes halogenated alkanes) is 2. The summed E-state index contributed by atoms with van der Waals surface area (Å²) in [6, 6.07) is 0. The fourth-order valence-electron chi connectivity index (χ4n) is 3.74. The third kappa shape index (κ3) is 9.35. The Hall–Kier alpha value is -2.46. The van der Waals surface area contributed by atoms with Crippen LogP contribution in [0.2, 0.25) is 0 Å². The molecule has 1 aliphatic heterocycles. The number of hydrogen-bond donors (Lipinski definition) is 3. The predicted molar refractivity (Wildman–Crippen MR) is 128 cm³/mol. The van der Waals surface area contributed by atoms with Gasteiger partial charge in [0.25, 0.3) is 6.47 Å². The lowest BCUT2D eigenvalue weighted by atomic mass is 9.94. The second kappa shape index (κ2) is 16.2. The van der Waals surface area contributed by atoms with Gasteiger partial charge in [0.05, 0.1) is 0 Å². The number of aromatic amines is 1. The lowest BCUT2D eigenvalue weighted by Crippen LogP contribution is -2.34. The molecule has 1 aromatic heterocycles. The van der Waals surface area contributed by atoms with Gasteiger partial charge in [0.1, 0.15) is 18.3 Å². The number of nitrogens with two attached hydrogens (primary N) is 1. The van der Waals surface area contributed by atoms with Gasteiger partial charge in [0.15, 0.2) is 5.82 Å². The predicted octanol–water partition coefficient (Wildman–Crippen LogP) is 2.59. The second-order valence-corrected chi connectivity index (χ2v) is 7.88. The smallest absolute Gasteiger partial charge is 0.327 e. The molecule has 1 aromatic rings. The Morgan fingerprint density at radius 2 is 1.94 bits per heavy atom. The van der Waals surface area contributed by atoms with Crippen molar-refractivity contribution in [2.24, 2.45) is 21.6 Å². The Bertz CT molecular complexity index is 750. The molecule has 4 N–H and O–H groups in total. The number of nitrogens with one attached hydrogen (secondary N) is 1. The largest absolute Gasteiger partial charge is 0.483 e. The maximum atomic E-state index is 12.4. The van der Waals surface area contributed by atoms with Gasteiger partial charge in [0.2, 0.25) is 0 Å². The van der Waals surface area contributed by atoms with Crippen LogP contribution in [0.1, 0.15) is 64.5 Å². The molecule has 0 atom stereocenters. The third-order valence-corrected chi connectivity index (χ3v) is 5.72. The van der Waals surface area contributed by atoms with E-state index in [1.165, 1.54) is 32.4 Å². The van der Waals surface area contributed by atoms with Crippen molar-refractivity contribution in [3.63, 3.8) is 0 Å². The Balaban J connectivity index is 0.00000161. The maximum absolute atomic E-state index is 12.4. The van der Waals surface area contributed by atoms with Crippen LogP contribution in [0.4, 0.5) is 5.82 Å². The van der Waals surface area contributed by atoms with Crippen LogP contribution in [0, 0.1) is 5.92 Å². The zero-order valence-electron chi connectivity index (χ0n) is 19.6. The van der Waals surface area contributed by atoms with Crippen molar-refractivity contribution >= 4 is 24.8 Å². The van der Waals surface area contributed by atoms with E-state index >= 15 is 0 Å². The number of nitrogens with zero attached hydrogens (tertiary/aromatic N) is 4. The molecule has 0 aliphatic carbocycles. The normalized spacial score (nSPS) is 15.2. The molecule has 1 aliphatic rings. The number of piperidine rings is 1.